The molecule has 0 spiro atoms. The lowest BCUT2D eigenvalue weighted by Crippen LogP contribution is -2.50. The molecular formula is C22H21F3N4O3. The minimum Gasteiger partial charge on any atom is -0.356 e. The van der Waals surface area contributed by atoms with E-state index in [1.54, 1.807) is 23.1 Å². The van der Waals surface area contributed by atoms with Crippen molar-refractivity contribution in [2.75, 3.05) is 29.9 Å². The zero-order chi connectivity index (χ0) is 22.9. The Bertz CT molecular complexity index is 1030. The SMILES string of the molecule is O=Nc1cccc2c1N(C1CCN(C(=O)Cc3ccc(C(F)(F)F)cc3)CC1)CC(=O)N2. The molecule has 32 heavy (non-hydrogen) atoms. The van der Waals surface area contributed by atoms with Crippen molar-refractivity contribution in [1.29, 1.82) is 0 Å². The van der Waals surface area contributed by atoms with Gasteiger partial charge < -0.3 is 15.1 Å². The minimum absolute atomic E-state index is 0.0248. The average molecular weight is 446 g/mol. The Morgan fingerprint density at radius 2 is 1.78 bits per heavy atom. The molecule has 0 saturated carbocycles. The van der Waals surface area contributed by atoms with E-state index in [9.17, 15) is 27.7 Å². The van der Waals surface area contributed by atoms with Gasteiger partial charge in [-0.1, -0.05) is 18.2 Å². The maximum Gasteiger partial charge on any atom is 0.416 e. The summed E-state index contributed by atoms with van der Waals surface area (Å²) in [5, 5.41) is 5.84. The highest BCUT2D eigenvalue weighted by molar-refractivity contribution is 6.03. The molecule has 2 amide bonds. The molecule has 0 aliphatic carbocycles. The Hall–Kier alpha value is -3.43. The van der Waals surface area contributed by atoms with Gasteiger partial charge in [0, 0.05) is 19.1 Å². The van der Waals surface area contributed by atoms with Gasteiger partial charge in [0.1, 0.15) is 5.69 Å². The fourth-order valence-electron chi connectivity index (χ4n) is 4.27. The van der Waals surface area contributed by atoms with Gasteiger partial charge >= 0.3 is 6.18 Å². The van der Waals surface area contributed by atoms with E-state index >= 15 is 0 Å². The molecule has 168 valence electrons. The van der Waals surface area contributed by atoms with E-state index in [2.05, 4.69) is 10.5 Å². The van der Waals surface area contributed by atoms with Crippen LogP contribution in [-0.2, 0) is 22.2 Å². The summed E-state index contributed by atoms with van der Waals surface area (Å²) in [6, 6.07) is 9.53. The van der Waals surface area contributed by atoms with Gasteiger partial charge in [0.25, 0.3) is 0 Å². The van der Waals surface area contributed by atoms with E-state index in [1.807, 2.05) is 4.90 Å². The average Bonchev–Trinajstić information content (AvgIpc) is 2.77. The molecule has 4 rings (SSSR count). The second-order valence-electron chi connectivity index (χ2n) is 7.92. The number of alkyl halides is 3. The lowest BCUT2D eigenvalue weighted by Gasteiger charge is -2.42. The molecule has 0 aromatic heterocycles. The van der Waals surface area contributed by atoms with Crippen LogP contribution in [0.5, 0.6) is 0 Å². The number of nitroso groups, excluding NO2 is 1. The van der Waals surface area contributed by atoms with Gasteiger partial charge in [-0.25, -0.2) is 0 Å². The number of halogens is 3. The monoisotopic (exact) mass is 446 g/mol. The van der Waals surface area contributed by atoms with Crippen LogP contribution in [0.3, 0.4) is 0 Å². The first kappa shape index (κ1) is 21.8. The first-order chi connectivity index (χ1) is 15.3. The van der Waals surface area contributed by atoms with Crippen LogP contribution in [0.2, 0.25) is 0 Å². The Balaban J connectivity index is 1.40. The van der Waals surface area contributed by atoms with E-state index in [0.717, 1.165) is 12.1 Å². The zero-order valence-electron chi connectivity index (χ0n) is 17.1. The van der Waals surface area contributed by atoms with Crippen molar-refractivity contribution in [3.8, 4) is 0 Å². The van der Waals surface area contributed by atoms with Crippen molar-refractivity contribution in [1.82, 2.24) is 4.90 Å². The molecule has 0 unspecified atom stereocenters. The highest BCUT2D eigenvalue weighted by atomic mass is 19.4. The molecule has 2 heterocycles. The Labute approximate surface area is 182 Å². The second kappa shape index (κ2) is 8.60. The van der Waals surface area contributed by atoms with Crippen molar-refractivity contribution >= 4 is 28.9 Å². The van der Waals surface area contributed by atoms with Crippen LogP contribution in [0.25, 0.3) is 0 Å². The molecule has 2 aromatic rings. The number of amides is 2. The fourth-order valence-corrected chi connectivity index (χ4v) is 4.27. The van der Waals surface area contributed by atoms with E-state index < -0.39 is 11.7 Å². The van der Waals surface area contributed by atoms with Crippen molar-refractivity contribution < 1.29 is 22.8 Å². The number of carbonyl (C=O) groups excluding carboxylic acids is 2. The number of nitrogens with zero attached hydrogens (tertiary/aromatic N) is 3. The molecule has 2 aromatic carbocycles. The molecule has 1 fully saturated rings. The number of rotatable bonds is 4. The van der Waals surface area contributed by atoms with E-state index in [0.29, 0.717) is 42.9 Å². The van der Waals surface area contributed by atoms with Gasteiger partial charge in [0.05, 0.1) is 29.9 Å². The number of piperidine rings is 1. The predicted octanol–water partition coefficient (Wildman–Crippen LogP) is 4.10. The molecule has 0 bridgehead atoms. The Morgan fingerprint density at radius 3 is 2.41 bits per heavy atom. The van der Waals surface area contributed by atoms with Gasteiger partial charge in [0.2, 0.25) is 11.8 Å². The first-order valence-electron chi connectivity index (χ1n) is 10.2. The number of para-hydroxylation sites is 1. The standard InChI is InChI=1S/C22H21F3N4O3/c23-22(24,25)15-6-4-14(5-7-15)12-20(31)28-10-8-16(9-11-28)29-13-19(30)26-17-2-1-3-18(27-32)21(17)29/h1-7,16H,8-13H2,(H,26,30). The third kappa shape index (κ3) is 4.44. The van der Waals surface area contributed by atoms with Crippen LogP contribution in [0.15, 0.2) is 47.6 Å². The van der Waals surface area contributed by atoms with Crippen LogP contribution in [0, 0.1) is 4.91 Å². The summed E-state index contributed by atoms with van der Waals surface area (Å²) in [6.45, 7) is 1.01. The van der Waals surface area contributed by atoms with E-state index in [1.165, 1.54) is 12.1 Å². The maximum atomic E-state index is 12.7. The van der Waals surface area contributed by atoms with E-state index in [4.69, 9.17) is 0 Å². The highest BCUT2D eigenvalue weighted by Crippen LogP contribution is 2.40. The largest absolute Gasteiger partial charge is 0.416 e. The number of nitrogens with one attached hydrogen (secondary N) is 1. The highest BCUT2D eigenvalue weighted by Gasteiger charge is 2.34. The Morgan fingerprint density at radius 1 is 1.09 bits per heavy atom. The molecule has 10 heteroatoms. The van der Waals surface area contributed by atoms with Crippen LogP contribution in [0.4, 0.5) is 30.2 Å². The van der Waals surface area contributed by atoms with Crippen LogP contribution < -0.4 is 10.2 Å². The third-order valence-electron chi connectivity index (χ3n) is 5.88. The first-order valence-corrected chi connectivity index (χ1v) is 10.2. The fraction of sp³-hybridized carbons (Fsp3) is 0.364. The summed E-state index contributed by atoms with van der Waals surface area (Å²) in [4.78, 5) is 39.6. The summed E-state index contributed by atoms with van der Waals surface area (Å²) >= 11 is 0. The van der Waals surface area contributed by atoms with Crippen molar-refractivity contribution in [2.24, 2.45) is 5.18 Å². The maximum absolute atomic E-state index is 12.7. The van der Waals surface area contributed by atoms with Crippen molar-refractivity contribution in [3.63, 3.8) is 0 Å². The number of fused-ring (bicyclic) bond motifs is 1. The molecule has 1 saturated heterocycles. The second-order valence-corrected chi connectivity index (χ2v) is 7.92. The number of carbonyl (C=O) groups is 2. The van der Waals surface area contributed by atoms with Gasteiger partial charge in [-0.15, -0.1) is 4.91 Å². The number of likely N-dealkylation sites (tertiary alicyclic amines) is 1. The van der Waals surface area contributed by atoms with Gasteiger partial charge in [0.15, 0.2) is 0 Å². The summed E-state index contributed by atoms with van der Waals surface area (Å²) in [6.07, 6.45) is -3.19. The molecular weight excluding hydrogens is 425 g/mol. The lowest BCUT2D eigenvalue weighted by molar-refractivity contribution is -0.137. The summed E-state index contributed by atoms with van der Waals surface area (Å²) in [5.41, 5.74) is 1.16. The molecule has 1 N–H and O–H groups in total. The van der Waals surface area contributed by atoms with Gasteiger partial charge in [-0.3, -0.25) is 9.59 Å². The third-order valence-corrected chi connectivity index (χ3v) is 5.88. The normalized spacial score (nSPS) is 17.0. The van der Waals surface area contributed by atoms with E-state index in [-0.39, 0.29) is 36.5 Å². The van der Waals surface area contributed by atoms with Crippen LogP contribution >= 0.6 is 0 Å². The Kier molecular flexibility index (Phi) is 5.86. The molecule has 0 atom stereocenters. The molecule has 2 aliphatic rings. The topological polar surface area (TPSA) is 82.1 Å². The smallest absolute Gasteiger partial charge is 0.356 e. The number of hydrogen-bond acceptors (Lipinski definition) is 5. The zero-order valence-corrected chi connectivity index (χ0v) is 17.1. The number of hydrogen-bond donors (Lipinski definition) is 1. The summed E-state index contributed by atoms with van der Waals surface area (Å²) in [7, 11) is 0. The summed E-state index contributed by atoms with van der Waals surface area (Å²) in [5.74, 6) is -0.336. The number of benzene rings is 2. The molecule has 2 aliphatic heterocycles. The lowest BCUT2D eigenvalue weighted by atomic mass is 9.99. The predicted molar refractivity (Wildman–Crippen MR) is 113 cm³/mol. The van der Waals surface area contributed by atoms with Crippen molar-refractivity contribution in [3.05, 3.63) is 58.5 Å². The van der Waals surface area contributed by atoms with Crippen molar-refractivity contribution in [2.45, 2.75) is 31.5 Å². The van der Waals surface area contributed by atoms with Gasteiger partial charge in [-0.05, 0) is 47.8 Å². The molecule has 7 nitrogen and oxygen atoms in total. The molecule has 0 radical (unpaired) electrons. The van der Waals surface area contributed by atoms with Crippen LogP contribution in [-0.4, -0.2) is 42.4 Å². The summed E-state index contributed by atoms with van der Waals surface area (Å²) < 4.78 is 38.1. The number of anilines is 2. The van der Waals surface area contributed by atoms with Crippen LogP contribution in [0.1, 0.15) is 24.0 Å². The quantitative estimate of drug-likeness (QED) is 0.717. The van der Waals surface area contributed by atoms with Gasteiger partial charge in [-0.2, -0.15) is 13.2 Å². The minimum atomic E-state index is -4.41.